The van der Waals surface area contributed by atoms with Crippen molar-refractivity contribution < 1.29 is 9.53 Å². The summed E-state index contributed by atoms with van der Waals surface area (Å²) < 4.78 is 7.23. The van der Waals surface area contributed by atoms with Crippen molar-refractivity contribution in [3.8, 4) is 17.1 Å². The van der Waals surface area contributed by atoms with Gasteiger partial charge < -0.3 is 14.6 Å². The van der Waals surface area contributed by atoms with E-state index in [9.17, 15) is 4.79 Å². The van der Waals surface area contributed by atoms with Gasteiger partial charge in [0.1, 0.15) is 5.75 Å². The first-order valence-electron chi connectivity index (χ1n) is 7.28. The van der Waals surface area contributed by atoms with E-state index >= 15 is 0 Å². The summed E-state index contributed by atoms with van der Waals surface area (Å²) in [6.45, 7) is 5.87. The molecule has 0 unspecified atom stereocenters. The first-order chi connectivity index (χ1) is 10.8. The van der Waals surface area contributed by atoms with Gasteiger partial charge in [0, 0.05) is 12.6 Å². The van der Waals surface area contributed by atoms with Crippen molar-refractivity contribution in [3.63, 3.8) is 0 Å². The average molecular weight is 334 g/mol. The molecule has 0 aliphatic heterocycles. The highest BCUT2D eigenvalue weighted by molar-refractivity contribution is 7.99. The van der Waals surface area contributed by atoms with Crippen molar-refractivity contribution in [3.05, 3.63) is 24.3 Å². The second-order valence-corrected chi connectivity index (χ2v) is 7.09. The Bertz CT molecular complexity index is 692. The topological polar surface area (TPSA) is 69.0 Å². The van der Waals surface area contributed by atoms with Crippen molar-refractivity contribution in [2.24, 2.45) is 7.05 Å². The Balaban J connectivity index is 2.12. The van der Waals surface area contributed by atoms with Crippen LogP contribution in [0.15, 0.2) is 29.4 Å². The molecule has 1 aromatic heterocycles. The van der Waals surface area contributed by atoms with Gasteiger partial charge in [-0.05, 0) is 32.9 Å². The highest BCUT2D eigenvalue weighted by atomic mass is 32.2. The summed E-state index contributed by atoms with van der Waals surface area (Å²) in [5.41, 5.74) is 0.635. The Morgan fingerprint density at radius 1 is 1.30 bits per heavy atom. The number of carbonyl (C=O) groups excluding carboxylic acids is 1. The van der Waals surface area contributed by atoms with E-state index in [1.54, 1.807) is 7.11 Å². The molecule has 0 radical (unpaired) electrons. The lowest BCUT2D eigenvalue weighted by atomic mass is 10.1. The summed E-state index contributed by atoms with van der Waals surface area (Å²) >= 11 is 1.36. The number of amides is 1. The van der Waals surface area contributed by atoms with Gasteiger partial charge in [-0.1, -0.05) is 23.9 Å². The molecule has 0 spiro atoms. The maximum atomic E-state index is 11.9. The number of methoxy groups -OCH3 is 1. The molecule has 0 saturated heterocycles. The van der Waals surface area contributed by atoms with Crippen LogP contribution in [-0.4, -0.2) is 39.1 Å². The van der Waals surface area contributed by atoms with Crippen molar-refractivity contribution >= 4 is 17.7 Å². The van der Waals surface area contributed by atoms with Crippen LogP contribution in [-0.2, 0) is 11.8 Å². The molecule has 23 heavy (non-hydrogen) atoms. The largest absolute Gasteiger partial charge is 0.496 e. The quantitative estimate of drug-likeness (QED) is 0.851. The van der Waals surface area contributed by atoms with Crippen LogP contribution in [0.4, 0.5) is 0 Å². The zero-order valence-corrected chi connectivity index (χ0v) is 14.9. The van der Waals surface area contributed by atoms with E-state index in [4.69, 9.17) is 4.74 Å². The van der Waals surface area contributed by atoms with Crippen molar-refractivity contribution in [2.75, 3.05) is 12.9 Å². The molecule has 1 N–H and O–H groups in total. The minimum atomic E-state index is -0.236. The molecule has 124 valence electrons. The highest BCUT2D eigenvalue weighted by Gasteiger charge is 2.17. The number of rotatable bonds is 5. The second kappa shape index (κ2) is 7.04. The fraction of sp³-hybridized carbons (Fsp3) is 0.438. The molecular weight excluding hydrogens is 312 g/mol. The van der Waals surface area contributed by atoms with Crippen molar-refractivity contribution in [1.82, 2.24) is 20.1 Å². The smallest absolute Gasteiger partial charge is 0.230 e. The van der Waals surface area contributed by atoms with E-state index in [1.807, 2.05) is 56.7 Å². The minimum absolute atomic E-state index is 0.0238. The second-order valence-electron chi connectivity index (χ2n) is 6.15. The molecule has 1 amide bonds. The number of nitrogens with one attached hydrogen (secondary N) is 1. The first-order valence-corrected chi connectivity index (χ1v) is 8.27. The van der Waals surface area contributed by atoms with Gasteiger partial charge in [0.05, 0.1) is 18.4 Å². The summed E-state index contributed by atoms with van der Waals surface area (Å²) in [4.78, 5) is 11.9. The van der Waals surface area contributed by atoms with Crippen LogP contribution in [0.25, 0.3) is 11.4 Å². The van der Waals surface area contributed by atoms with Gasteiger partial charge in [0.25, 0.3) is 0 Å². The van der Waals surface area contributed by atoms with E-state index in [2.05, 4.69) is 15.5 Å². The van der Waals surface area contributed by atoms with Crippen LogP contribution < -0.4 is 10.1 Å². The molecule has 6 nitrogen and oxygen atoms in total. The first kappa shape index (κ1) is 17.3. The standard InChI is InChI=1S/C16H22N4O2S/c1-16(2,3)17-13(21)10-23-15-19-18-14(20(15)4)11-8-6-7-9-12(11)22-5/h6-9H,10H2,1-5H3,(H,17,21). The minimum Gasteiger partial charge on any atom is -0.496 e. The van der Waals surface area contributed by atoms with Gasteiger partial charge in [-0.15, -0.1) is 10.2 Å². The Morgan fingerprint density at radius 2 is 2.00 bits per heavy atom. The lowest BCUT2D eigenvalue weighted by Gasteiger charge is -2.20. The van der Waals surface area contributed by atoms with E-state index < -0.39 is 0 Å². The molecule has 0 bridgehead atoms. The SMILES string of the molecule is COc1ccccc1-c1nnc(SCC(=O)NC(C)(C)C)n1C. The van der Waals surface area contributed by atoms with E-state index in [0.717, 1.165) is 11.3 Å². The predicted octanol–water partition coefficient (Wildman–Crippen LogP) is 2.50. The zero-order chi connectivity index (χ0) is 17.0. The Kier molecular flexibility index (Phi) is 5.30. The number of ether oxygens (including phenoxy) is 1. The summed E-state index contributed by atoms with van der Waals surface area (Å²) in [6, 6.07) is 7.65. The molecule has 0 fully saturated rings. The van der Waals surface area contributed by atoms with Crippen molar-refractivity contribution in [1.29, 1.82) is 0 Å². The molecule has 0 atom stereocenters. The Morgan fingerprint density at radius 3 is 2.65 bits per heavy atom. The summed E-state index contributed by atoms with van der Waals surface area (Å²) in [6.07, 6.45) is 0. The van der Waals surface area contributed by atoms with Crippen LogP contribution in [0.3, 0.4) is 0 Å². The van der Waals surface area contributed by atoms with Gasteiger partial charge in [0.2, 0.25) is 5.91 Å². The number of nitrogens with zero attached hydrogens (tertiary/aromatic N) is 3. The monoisotopic (exact) mass is 334 g/mol. The Hall–Kier alpha value is -2.02. The zero-order valence-electron chi connectivity index (χ0n) is 14.1. The van der Waals surface area contributed by atoms with Gasteiger partial charge >= 0.3 is 0 Å². The van der Waals surface area contributed by atoms with Gasteiger partial charge in [-0.2, -0.15) is 0 Å². The molecule has 0 saturated carbocycles. The number of hydrogen-bond acceptors (Lipinski definition) is 5. The molecular formula is C16H22N4O2S. The number of benzene rings is 1. The molecule has 0 aliphatic carbocycles. The molecule has 7 heteroatoms. The Labute approximate surface area is 140 Å². The molecule has 0 aliphatic rings. The fourth-order valence-electron chi connectivity index (χ4n) is 2.09. The number of aromatic nitrogens is 3. The third kappa shape index (κ3) is 4.48. The summed E-state index contributed by atoms with van der Waals surface area (Å²) in [7, 11) is 3.51. The van der Waals surface area contributed by atoms with E-state index in [-0.39, 0.29) is 11.4 Å². The summed E-state index contributed by atoms with van der Waals surface area (Å²) in [5, 5.41) is 12.0. The fourth-order valence-corrected chi connectivity index (χ4v) is 2.80. The van der Waals surface area contributed by atoms with Gasteiger partial charge in [0.15, 0.2) is 11.0 Å². The van der Waals surface area contributed by atoms with Crippen LogP contribution in [0.2, 0.25) is 0 Å². The molecule has 1 heterocycles. The summed E-state index contributed by atoms with van der Waals surface area (Å²) in [5.74, 6) is 1.73. The van der Waals surface area contributed by atoms with E-state index in [1.165, 1.54) is 11.8 Å². The van der Waals surface area contributed by atoms with Gasteiger partial charge in [-0.25, -0.2) is 0 Å². The lowest BCUT2D eigenvalue weighted by Crippen LogP contribution is -2.41. The highest BCUT2D eigenvalue weighted by Crippen LogP contribution is 2.29. The maximum absolute atomic E-state index is 11.9. The van der Waals surface area contributed by atoms with Gasteiger partial charge in [-0.3, -0.25) is 4.79 Å². The normalized spacial score (nSPS) is 11.3. The van der Waals surface area contributed by atoms with Crippen LogP contribution in [0.5, 0.6) is 5.75 Å². The number of para-hydroxylation sites is 1. The van der Waals surface area contributed by atoms with Crippen molar-refractivity contribution in [2.45, 2.75) is 31.5 Å². The van der Waals surface area contributed by atoms with Crippen LogP contribution in [0, 0.1) is 0 Å². The third-order valence-electron chi connectivity index (χ3n) is 3.03. The predicted molar refractivity (Wildman–Crippen MR) is 91.6 cm³/mol. The average Bonchev–Trinajstić information content (AvgIpc) is 2.84. The molecule has 1 aromatic carbocycles. The molecule has 2 aromatic rings. The maximum Gasteiger partial charge on any atom is 0.230 e. The third-order valence-corrected chi connectivity index (χ3v) is 4.05. The van der Waals surface area contributed by atoms with E-state index in [0.29, 0.717) is 16.7 Å². The lowest BCUT2D eigenvalue weighted by molar-refractivity contribution is -0.119. The molecule has 2 rings (SSSR count). The van der Waals surface area contributed by atoms with Crippen LogP contribution >= 0.6 is 11.8 Å². The number of carbonyl (C=O) groups is 1. The number of hydrogen-bond donors (Lipinski definition) is 1. The number of thioether (sulfide) groups is 1. The van der Waals surface area contributed by atoms with Crippen LogP contribution in [0.1, 0.15) is 20.8 Å².